The summed E-state index contributed by atoms with van der Waals surface area (Å²) in [6, 6.07) is 7.89. The first-order valence-electron chi connectivity index (χ1n) is 5.73. The molecule has 1 heterocycles. The first-order valence-corrected chi connectivity index (χ1v) is 5.73. The molecule has 3 nitrogen and oxygen atoms in total. The van der Waals surface area contributed by atoms with Crippen LogP contribution in [0.25, 0.3) is 0 Å². The van der Waals surface area contributed by atoms with Crippen molar-refractivity contribution >= 4 is 11.7 Å². The molecule has 86 valence electrons. The Morgan fingerprint density at radius 3 is 3.00 bits per heavy atom. The summed E-state index contributed by atoms with van der Waals surface area (Å²) in [6.07, 6.45) is 0.923. The molecule has 3 heteroatoms. The number of para-hydroxylation sites is 1. The predicted molar refractivity (Wildman–Crippen MR) is 63.4 cm³/mol. The number of hydrogen-bond acceptors (Lipinski definition) is 3. The van der Waals surface area contributed by atoms with Gasteiger partial charge in [-0.2, -0.15) is 0 Å². The van der Waals surface area contributed by atoms with E-state index in [4.69, 9.17) is 4.74 Å². The van der Waals surface area contributed by atoms with Gasteiger partial charge in [-0.3, -0.25) is 0 Å². The van der Waals surface area contributed by atoms with Crippen molar-refractivity contribution in [3.63, 3.8) is 0 Å². The Morgan fingerprint density at radius 1 is 1.50 bits per heavy atom. The van der Waals surface area contributed by atoms with Gasteiger partial charge >= 0.3 is 5.97 Å². The molecule has 0 radical (unpaired) electrons. The summed E-state index contributed by atoms with van der Waals surface area (Å²) in [6.45, 7) is 4.34. The van der Waals surface area contributed by atoms with Gasteiger partial charge in [0, 0.05) is 5.69 Å². The lowest BCUT2D eigenvalue weighted by molar-refractivity contribution is -0.145. The molecule has 2 rings (SSSR count). The number of ether oxygens (including phenoxy) is 1. The van der Waals surface area contributed by atoms with E-state index in [0.29, 0.717) is 6.61 Å². The Morgan fingerprint density at radius 2 is 2.25 bits per heavy atom. The Kier molecular flexibility index (Phi) is 3.13. The van der Waals surface area contributed by atoms with E-state index in [-0.39, 0.29) is 17.9 Å². The molecule has 0 aliphatic carbocycles. The van der Waals surface area contributed by atoms with Crippen LogP contribution in [-0.2, 0) is 16.0 Å². The predicted octanol–water partition coefficient (Wildman–Crippen LogP) is 2.22. The maximum absolute atomic E-state index is 11.7. The number of carbonyl (C=O) groups is 1. The second-order valence-electron chi connectivity index (χ2n) is 4.21. The molecular weight excluding hydrogens is 202 g/mol. The Balaban J connectivity index is 2.18. The van der Waals surface area contributed by atoms with Gasteiger partial charge in [0.2, 0.25) is 0 Å². The van der Waals surface area contributed by atoms with Gasteiger partial charge in [-0.25, -0.2) is 4.79 Å². The molecule has 0 saturated heterocycles. The highest BCUT2D eigenvalue weighted by Gasteiger charge is 2.30. The van der Waals surface area contributed by atoms with Gasteiger partial charge < -0.3 is 10.1 Å². The highest BCUT2D eigenvalue weighted by molar-refractivity contribution is 5.81. The third-order valence-corrected chi connectivity index (χ3v) is 2.98. The number of rotatable bonds is 2. The molecule has 1 aromatic rings. The molecule has 0 fully saturated rings. The van der Waals surface area contributed by atoms with Gasteiger partial charge in [0.15, 0.2) is 0 Å². The van der Waals surface area contributed by atoms with E-state index in [9.17, 15) is 4.79 Å². The van der Waals surface area contributed by atoms with Crippen LogP contribution in [0, 0.1) is 5.92 Å². The minimum Gasteiger partial charge on any atom is -0.464 e. The second-order valence-corrected chi connectivity index (χ2v) is 4.21. The minimum atomic E-state index is -0.213. The second kappa shape index (κ2) is 4.56. The quantitative estimate of drug-likeness (QED) is 0.775. The number of hydrogen-bond donors (Lipinski definition) is 1. The Hall–Kier alpha value is -1.51. The van der Waals surface area contributed by atoms with Gasteiger partial charge in [-0.15, -0.1) is 0 Å². The van der Waals surface area contributed by atoms with Crippen molar-refractivity contribution in [3.8, 4) is 0 Å². The maximum atomic E-state index is 11.7. The smallest absolute Gasteiger partial charge is 0.328 e. The van der Waals surface area contributed by atoms with E-state index >= 15 is 0 Å². The highest BCUT2D eigenvalue weighted by Crippen LogP contribution is 2.28. The van der Waals surface area contributed by atoms with E-state index < -0.39 is 0 Å². The average Bonchev–Trinajstić information content (AvgIpc) is 2.28. The molecule has 2 atom stereocenters. The molecule has 0 saturated carbocycles. The topological polar surface area (TPSA) is 38.3 Å². The van der Waals surface area contributed by atoms with Crippen LogP contribution in [0.15, 0.2) is 24.3 Å². The summed E-state index contributed by atoms with van der Waals surface area (Å²) in [7, 11) is 0. The zero-order valence-electron chi connectivity index (χ0n) is 9.69. The zero-order chi connectivity index (χ0) is 11.5. The van der Waals surface area contributed by atoms with Gasteiger partial charge in [0.05, 0.1) is 6.61 Å². The van der Waals surface area contributed by atoms with Crippen LogP contribution in [0.1, 0.15) is 19.4 Å². The summed E-state index contributed by atoms with van der Waals surface area (Å²) in [5.74, 6) is 0.124. The highest BCUT2D eigenvalue weighted by atomic mass is 16.5. The number of carbonyl (C=O) groups excluding carboxylic acids is 1. The lowest BCUT2D eigenvalue weighted by Crippen LogP contribution is -2.41. The molecule has 0 unspecified atom stereocenters. The lowest BCUT2D eigenvalue weighted by Gasteiger charge is -2.30. The van der Waals surface area contributed by atoms with E-state index in [1.165, 1.54) is 5.56 Å². The monoisotopic (exact) mass is 219 g/mol. The van der Waals surface area contributed by atoms with E-state index in [1.54, 1.807) is 0 Å². The summed E-state index contributed by atoms with van der Waals surface area (Å²) in [5.41, 5.74) is 2.33. The molecule has 16 heavy (non-hydrogen) atoms. The summed E-state index contributed by atoms with van der Waals surface area (Å²) in [4.78, 5) is 11.7. The third-order valence-electron chi connectivity index (χ3n) is 2.98. The van der Waals surface area contributed by atoms with Crippen LogP contribution in [0.5, 0.6) is 0 Å². The number of esters is 1. The van der Waals surface area contributed by atoms with Crippen LogP contribution in [0.2, 0.25) is 0 Å². The first-order chi connectivity index (χ1) is 7.72. The number of fused-ring (bicyclic) bond motifs is 1. The molecule has 0 aromatic heterocycles. The van der Waals surface area contributed by atoms with Crippen LogP contribution in [0.4, 0.5) is 5.69 Å². The number of benzene rings is 1. The standard InChI is InChI=1S/C13H17NO2/c1-3-16-13(15)12-9(2)8-10-6-4-5-7-11(10)14-12/h4-7,9,12,14H,3,8H2,1-2H3/t9-,12+/m0/s1. The molecular formula is C13H17NO2. The third kappa shape index (κ3) is 2.03. The fraction of sp³-hybridized carbons (Fsp3) is 0.462. The van der Waals surface area contributed by atoms with Crippen molar-refractivity contribution in [3.05, 3.63) is 29.8 Å². The van der Waals surface area contributed by atoms with Gasteiger partial charge in [-0.1, -0.05) is 25.1 Å². The van der Waals surface area contributed by atoms with Crippen LogP contribution < -0.4 is 5.32 Å². The van der Waals surface area contributed by atoms with Gasteiger partial charge in [-0.05, 0) is 30.9 Å². The van der Waals surface area contributed by atoms with Crippen molar-refractivity contribution in [2.75, 3.05) is 11.9 Å². The van der Waals surface area contributed by atoms with E-state index in [2.05, 4.69) is 18.3 Å². The summed E-state index contributed by atoms with van der Waals surface area (Å²) >= 11 is 0. The fourth-order valence-corrected chi connectivity index (χ4v) is 2.14. The van der Waals surface area contributed by atoms with Crippen molar-refractivity contribution < 1.29 is 9.53 Å². The molecule has 0 amide bonds. The molecule has 1 N–H and O–H groups in total. The van der Waals surface area contributed by atoms with E-state index in [0.717, 1.165) is 12.1 Å². The largest absolute Gasteiger partial charge is 0.464 e. The van der Waals surface area contributed by atoms with Gasteiger partial charge in [0.25, 0.3) is 0 Å². The summed E-state index contributed by atoms with van der Waals surface area (Å²) < 4.78 is 5.07. The van der Waals surface area contributed by atoms with Crippen LogP contribution in [-0.4, -0.2) is 18.6 Å². The molecule has 1 aliphatic rings. The van der Waals surface area contributed by atoms with Crippen molar-refractivity contribution in [2.45, 2.75) is 26.3 Å². The normalized spacial score (nSPS) is 23.1. The molecule has 0 bridgehead atoms. The van der Waals surface area contributed by atoms with Crippen molar-refractivity contribution in [2.24, 2.45) is 5.92 Å². The molecule has 1 aliphatic heterocycles. The van der Waals surface area contributed by atoms with E-state index in [1.807, 2.05) is 25.1 Å². The van der Waals surface area contributed by atoms with Crippen molar-refractivity contribution in [1.82, 2.24) is 0 Å². The van der Waals surface area contributed by atoms with Crippen molar-refractivity contribution in [1.29, 1.82) is 0 Å². The minimum absolute atomic E-state index is 0.149. The van der Waals surface area contributed by atoms with Crippen LogP contribution in [0.3, 0.4) is 0 Å². The fourth-order valence-electron chi connectivity index (χ4n) is 2.14. The first kappa shape index (κ1) is 11.0. The lowest BCUT2D eigenvalue weighted by atomic mass is 9.89. The Labute approximate surface area is 95.8 Å². The summed E-state index contributed by atoms with van der Waals surface area (Å²) in [5, 5.41) is 3.26. The number of anilines is 1. The number of nitrogens with one attached hydrogen (secondary N) is 1. The van der Waals surface area contributed by atoms with Crippen LogP contribution >= 0.6 is 0 Å². The zero-order valence-corrected chi connectivity index (χ0v) is 9.69. The molecule has 1 aromatic carbocycles. The SMILES string of the molecule is CCOC(=O)[C@@H]1Nc2ccccc2C[C@@H]1C. The molecule has 0 spiro atoms. The Bertz CT molecular complexity index is 389. The average molecular weight is 219 g/mol. The van der Waals surface area contributed by atoms with Gasteiger partial charge in [0.1, 0.15) is 6.04 Å². The maximum Gasteiger partial charge on any atom is 0.328 e.